The molecule has 1 aromatic rings. The van der Waals surface area contributed by atoms with Crippen LogP contribution in [0.15, 0.2) is 12.4 Å². The molecule has 0 aliphatic carbocycles. The zero-order valence-corrected chi connectivity index (χ0v) is 5.66. The lowest BCUT2D eigenvalue weighted by molar-refractivity contribution is 0.120. The first-order chi connectivity index (χ1) is 4.33. The van der Waals surface area contributed by atoms with Gasteiger partial charge in [-0.15, -0.1) is 0 Å². The first-order valence-corrected chi connectivity index (χ1v) is 2.81. The molecule has 3 heteroatoms. The molecule has 0 N–H and O–H groups in total. The topological polar surface area (TPSA) is 27.1 Å². The fourth-order valence-electron chi connectivity index (χ4n) is 0.670. The van der Waals surface area contributed by atoms with E-state index in [4.69, 9.17) is 4.74 Å². The van der Waals surface area contributed by atoms with Gasteiger partial charge in [0.15, 0.2) is 0 Å². The largest absolute Gasteiger partial charge is 0.362 e. The number of aromatic nitrogens is 2. The highest BCUT2D eigenvalue weighted by Crippen LogP contribution is 1.92. The zero-order valence-electron chi connectivity index (χ0n) is 5.66. The number of nitrogens with zero attached hydrogens (tertiary/aromatic N) is 2. The molecule has 0 radical (unpaired) electrons. The van der Waals surface area contributed by atoms with E-state index >= 15 is 0 Å². The van der Waals surface area contributed by atoms with Gasteiger partial charge >= 0.3 is 0 Å². The monoisotopic (exact) mass is 126 g/mol. The van der Waals surface area contributed by atoms with Crippen LogP contribution >= 0.6 is 0 Å². The second-order valence-electron chi connectivity index (χ2n) is 1.97. The Bertz CT molecular complexity index is 183. The number of ether oxygens (including phenoxy) is 1. The molecule has 0 spiro atoms. The van der Waals surface area contributed by atoms with Crippen molar-refractivity contribution in [1.29, 1.82) is 0 Å². The van der Waals surface area contributed by atoms with E-state index in [1.54, 1.807) is 18.0 Å². The quantitative estimate of drug-likeness (QED) is 0.586. The standard InChI is InChI=1S/C6H10N2O/c1-6-3-7-8(4-6)5-9-2/h3-4H,5H2,1-2H3. The fraction of sp³-hybridized carbons (Fsp3) is 0.500. The maximum absolute atomic E-state index is 4.84. The molecule has 0 aliphatic rings. The third-order valence-corrected chi connectivity index (χ3v) is 1.02. The lowest BCUT2D eigenvalue weighted by atomic mass is 10.4. The Balaban J connectivity index is 2.61. The van der Waals surface area contributed by atoms with Crippen molar-refractivity contribution < 1.29 is 4.74 Å². The Morgan fingerprint density at radius 2 is 2.56 bits per heavy atom. The second kappa shape index (κ2) is 2.64. The molecule has 0 atom stereocenters. The molecule has 0 saturated heterocycles. The Labute approximate surface area is 54.2 Å². The SMILES string of the molecule is COCn1cc(C)cn1. The van der Waals surface area contributed by atoms with Gasteiger partial charge in [0.25, 0.3) is 0 Å². The third-order valence-electron chi connectivity index (χ3n) is 1.02. The van der Waals surface area contributed by atoms with E-state index in [2.05, 4.69) is 5.10 Å². The molecule has 1 rings (SSSR count). The first-order valence-electron chi connectivity index (χ1n) is 2.81. The van der Waals surface area contributed by atoms with Gasteiger partial charge in [0.1, 0.15) is 6.73 Å². The van der Waals surface area contributed by atoms with Crippen molar-refractivity contribution in [1.82, 2.24) is 9.78 Å². The molecule has 0 aromatic carbocycles. The van der Waals surface area contributed by atoms with Gasteiger partial charge in [0.2, 0.25) is 0 Å². The molecular weight excluding hydrogens is 116 g/mol. The highest BCUT2D eigenvalue weighted by Gasteiger charge is 1.89. The summed E-state index contributed by atoms with van der Waals surface area (Å²) in [5.74, 6) is 0. The maximum Gasteiger partial charge on any atom is 0.138 e. The van der Waals surface area contributed by atoms with Crippen LogP contribution in [0, 0.1) is 6.92 Å². The van der Waals surface area contributed by atoms with Crippen LogP contribution in [0.5, 0.6) is 0 Å². The Hall–Kier alpha value is -0.830. The van der Waals surface area contributed by atoms with Crippen LogP contribution in [0.25, 0.3) is 0 Å². The van der Waals surface area contributed by atoms with Crippen LogP contribution in [0.4, 0.5) is 0 Å². The van der Waals surface area contributed by atoms with Gasteiger partial charge in [-0.05, 0) is 12.5 Å². The Kier molecular flexibility index (Phi) is 1.85. The molecule has 0 amide bonds. The number of rotatable bonds is 2. The van der Waals surface area contributed by atoms with Crippen molar-refractivity contribution in [3.63, 3.8) is 0 Å². The van der Waals surface area contributed by atoms with Crippen molar-refractivity contribution in [2.75, 3.05) is 7.11 Å². The number of hydrogen-bond acceptors (Lipinski definition) is 2. The number of methoxy groups -OCH3 is 1. The van der Waals surface area contributed by atoms with E-state index in [9.17, 15) is 0 Å². The lowest BCUT2D eigenvalue weighted by Gasteiger charge is -1.94. The summed E-state index contributed by atoms with van der Waals surface area (Å²) in [5.41, 5.74) is 1.16. The highest BCUT2D eigenvalue weighted by atomic mass is 16.5. The molecule has 9 heavy (non-hydrogen) atoms. The molecule has 0 bridgehead atoms. The van der Waals surface area contributed by atoms with E-state index in [-0.39, 0.29) is 0 Å². The molecule has 0 saturated carbocycles. The van der Waals surface area contributed by atoms with Gasteiger partial charge in [0.05, 0.1) is 6.20 Å². The summed E-state index contributed by atoms with van der Waals surface area (Å²) < 4.78 is 6.59. The zero-order chi connectivity index (χ0) is 6.69. The predicted octanol–water partition coefficient (Wildman–Crippen LogP) is 0.795. The molecule has 0 unspecified atom stereocenters. The van der Waals surface area contributed by atoms with E-state index in [0.29, 0.717) is 6.73 Å². The van der Waals surface area contributed by atoms with E-state index in [1.807, 2.05) is 13.1 Å². The summed E-state index contributed by atoms with van der Waals surface area (Å²) in [6, 6.07) is 0. The van der Waals surface area contributed by atoms with Gasteiger partial charge in [-0.1, -0.05) is 0 Å². The molecule has 0 aliphatic heterocycles. The number of aryl methyl sites for hydroxylation is 1. The van der Waals surface area contributed by atoms with Crippen LogP contribution in [0.3, 0.4) is 0 Å². The molecule has 50 valence electrons. The van der Waals surface area contributed by atoms with Crippen molar-refractivity contribution in [3.05, 3.63) is 18.0 Å². The van der Waals surface area contributed by atoms with Crippen LogP contribution in [0.1, 0.15) is 5.56 Å². The van der Waals surface area contributed by atoms with E-state index in [1.165, 1.54) is 0 Å². The van der Waals surface area contributed by atoms with Gasteiger partial charge in [0, 0.05) is 13.3 Å². The molecule has 1 heterocycles. The summed E-state index contributed by atoms with van der Waals surface area (Å²) in [7, 11) is 1.65. The fourth-order valence-corrected chi connectivity index (χ4v) is 0.670. The van der Waals surface area contributed by atoms with Crippen molar-refractivity contribution in [2.24, 2.45) is 0 Å². The minimum Gasteiger partial charge on any atom is -0.362 e. The highest BCUT2D eigenvalue weighted by molar-refractivity contribution is 4.98. The average Bonchev–Trinajstić information content (AvgIpc) is 2.17. The van der Waals surface area contributed by atoms with Gasteiger partial charge < -0.3 is 4.74 Å². The third kappa shape index (κ3) is 1.54. The first kappa shape index (κ1) is 6.29. The summed E-state index contributed by atoms with van der Waals surface area (Å²) in [5, 5.41) is 4.00. The van der Waals surface area contributed by atoms with E-state index in [0.717, 1.165) is 5.56 Å². The number of hydrogen-bond donors (Lipinski definition) is 0. The molecule has 3 nitrogen and oxygen atoms in total. The molecular formula is C6H10N2O. The summed E-state index contributed by atoms with van der Waals surface area (Å²) in [6.07, 6.45) is 3.74. The minimum atomic E-state index is 0.536. The van der Waals surface area contributed by atoms with Crippen molar-refractivity contribution >= 4 is 0 Å². The predicted molar refractivity (Wildman–Crippen MR) is 34.0 cm³/mol. The average molecular weight is 126 g/mol. The molecule has 1 aromatic heterocycles. The summed E-state index contributed by atoms with van der Waals surface area (Å²) in [6.45, 7) is 2.53. The van der Waals surface area contributed by atoms with Crippen LogP contribution in [-0.4, -0.2) is 16.9 Å². The van der Waals surface area contributed by atoms with Crippen molar-refractivity contribution in [3.8, 4) is 0 Å². The van der Waals surface area contributed by atoms with Crippen molar-refractivity contribution in [2.45, 2.75) is 13.7 Å². The Morgan fingerprint density at radius 1 is 1.78 bits per heavy atom. The van der Waals surface area contributed by atoms with Crippen LogP contribution < -0.4 is 0 Å². The Morgan fingerprint density at radius 3 is 3.00 bits per heavy atom. The molecule has 0 fully saturated rings. The maximum atomic E-state index is 4.84. The van der Waals surface area contributed by atoms with Crippen LogP contribution in [-0.2, 0) is 11.5 Å². The normalized spacial score (nSPS) is 10.0. The van der Waals surface area contributed by atoms with E-state index < -0.39 is 0 Å². The van der Waals surface area contributed by atoms with Crippen LogP contribution in [0.2, 0.25) is 0 Å². The summed E-state index contributed by atoms with van der Waals surface area (Å²) >= 11 is 0. The van der Waals surface area contributed by atoms with Gasteiger partial charge in [-0.3, -0.25) is 0 Å². The van der Waals surface area contributed by atoms with Gasteiger partial charge in [-0.25, -0.2) is 4.68 Å². The second-order valence-corrected chi connectivity index (χ2v) is 1.97. The minimum absolute atomic E-state index is 0.536. The van der Waals surface area contributed by atoms with Gasteiger partial charge in [-0.2, -0.15) is 5.10 Å². The summed E-state index contributed by atoms with van der Waals surface area (Å²) in [4.78, 5) is 0. The smallest absolute Gasteiger partial charge is 0.138 e. The lowest BCUT2D eigenvalue weighted by Crippen LogP contribution is -1.98.